The van der Waals surface area contributed by atoms with E-state index >= 15 is 0 Å². The van der Waals surface area contributed by atoms with Gasteiger partial charge in [-0.15, -0.1) is 0 Å². The summed E-state index contributed by atoms with van der Waals surface area (Å²) in [6, 6.07) is 0. The summed E-state index contributed by atoms with van der Waals surface area (Å²) in [5.41, 5.74) is -1.80. The maximum Gasteiger partial charge on any atom is 0.0591 e. The Labute approximate surface area is 279 Å². The number of hydrogen-bond donors (Lipinski definition) is 4. The molecule has 0 radical (unpaired) electrons. The average Bonchev–Trinajstić information content (AvgIpc) is 2.79. The number of aliphatic hydroxyl groups is 4. The molecule has 0 heterocycles. The fraction of sp³-hybridized carbons (Fsp3) is 1.00. The van der Waals surface area contributed by atoms with Gasteiger partial charge in [0.1, 0.15) is 0 Å². The van der Waals surface area contributed by atoms with Crippen molar-refractivity contribution in [3.8, 4) is 0 Å². The van der Waals surface area contributed by atoms with E-state index in [0.717, 1.165) is 51.4 Å². The van der Waals surface area contributed by atoms with Crippen LogP contribution in [0.1, 0.15) is 212 Å². The van der Waals surface area contributed by atoms with E-state index in [1.165, 1.54) is 77.0 Å². The van der Waals surface area contributed by atoms with E-state index in [2.05, 4.69) is 27.7 Å². The van der Waals surface area contributed by atoms with Crippen LogP contribution in [-0.4, -0.2) is 42.8 Å². The first-order chi connectivity index (χ1) is 18.2. The van der Waals surface area contributed by atoms with Crippen molar-refractivity contribution < 1.29 is 46.3 Å². The SMILES string of the molecule is CCCCCCC(C)(C)O.CCCCCCC(C)(C)O.CCCCCCC(C)(C)O.CCCCCCC(C)(C)O.[Hf]. The van der Waals surface area contributed by atoms with E-state index in [4.69, 9.17) is 0 Å². The summed E-state index contributed by atoms with van der Waals surface area (Å²) in [4.78, 5) is 0. The molecule has 0 aliphatic heterocycles. The van der Waals surface area contributed by atoms with Crippen molar-refractivity contribution in [2.75, 3.05) is 0 Å². The van der Waals surface area contributed by atoms with Gasteiger partial charge in [0.2, 0.25) is 0 Å². The van der Waals surface area contributed by atoms with Crippen molar-refractivity contribution >= 4 is 0 Å². The Morgan fingerprint density at radius 3 is 0.537 bits per heavy atom. The quantitative estimate of drug-likeness (QED) is 0.0737. The normalized spacial score (nSPS) is 11.7. The molecule has 0 aromatic rings. The predicted molar refractivity (Wildman–Crippen MR) is 180 cm³/mol. The summed E-state index contributed by atoms with van der Waals surface area (Å²) in [7, 11) is 0. The monoisotopic (exact) mass is 757 g/mol. The molecule has 0 atom stereocenters. The maximum atomic E-state index is 9.32. The summed E-state index contributed by atoms with van der Waals surface area (Å²) in [6.45, 7) is 23.8. The Balaban J connectivity index is -0.000000139. The first kappa shape index (κ1) is 51.3. The van der Waals surface area contributed by atoms with E-state index in [9.17, 15) is 20.4 Å². The third kappa shape index (κ3) is 74.0. The van der Waals surface area contributed by atoms with Gasteiger partial charge in [0, 0.05) is 25.8 Å². The predicted octanol–water partition coefficient (Wildman–Crippen LogP) is 10.9. The fourth-order valence-electron chi connectivity index (χ4n) is 3.94. The molecule has 0 aliphatic carbocycles. The topological polar surface area (TPSA) is 80.9 Å². The van der Waals surface area contributed by atoms with E-state index < -0.39 is 22.4 Å². The molecule has 0 spiro atoms. The zero-order valence-electron chi connectivity index (χ0n) is 30.4. The van der Waals surface area contributed by atoms with Crippen molar-refractivity contribution in [1.29, 1.82) is 0 Å². The van der Waals surface area contributed by atoms with Crippen LogP contribution in [0.2, 0.25) is 0 Å². The molecule has 0 amide bonds. The molecule has 5 heteroatoms. The third-order valence-corrected chi connectivity index (χ3v) is 6.57. The largest absolute Gasteiger partial charge is 0.390 e. The van der Waals surface area contributed by atoms with Gasteiger partial charge in [-0.2, -0.15) is 0 Å². The number of rotatable bonds is 20. The summed E-state index contributed by atoms with van der Waals surface area (Å²) >= 11 is 0. The van der Waals surface area contributed by atoms with Crippen molar-refractivity contribution in [2.24, 2.45) is 0 Å². The second-order valence-corrected chi connectivity index (χ2v) is 14.5. The second kappa shape index (κ2) is 32.1. The van der Waals surface area contributed by atoms with Crippen LogP contribution >= 0.6 is 0 Å². The molecule has 4 N–H and O–H groups in total. The molecule has 0 rings (SSSR count). The van der Waals surface area contributed by atoms with E-state index in [1.54, 1.807) is 0 Å². The Kier molecular flexibility index (Phi) is 40.2. The van der Waals surface area contributed by atoms with Gasteiger partial charge >= 0.3 is 0 Å². The van der Waals surface area contributed by atoms with Gasteiger partial charge in [-0.1, -0.05) is 130 Å². The minimum atomic E-state index is -0.451. The first-order valence-electron chi connectivity index (χ1n) is 17.1. The molecule has 0 saturated heterocycles. The Bertz CT molecular complexity index is 380. The summed E-state index contributed by atoms with van der Waals surface area (Å²) in [5.74, 6) is 0. The van der Waals surface area contributed by atoms with Crippen molar-refractivity contribution in [1.82, 2.24) is 0 Å². The molecule has 0 aliphatic rings. The molecule has 0 aromatic carbocycles. The molecule has 252 valence electrons. The molecular formula is C36H80HfO4. The van der Waals surface area contributed by atoms with Crippen molar-refractivity contribution in [2.45, 2.75) is 234 Å². The number of unbranched alkanes of at least 4 members (excludes halogenated alkanes) is 12. The van der Waals surface area contributed by atoms with E-state index in [1.807, 2.05) is 55.4 Å². The fourth-order valence-corrected chi connectivity index (χ4v) is 3.94. The van der Waals surface area contributed by atoms with Gasteiger partial charge in [-0.05, 0) is 81.1 Å². The minimum Gasteiger partial charge on any atom is -0.390 e. The zero-order valence-corrected chi connectivity index (χ0v) is 34.0. The Morgan fingerprint density at radius 2 is 0.439 bits per heavy atom. The third-order valence-electron chi connectivity index (χ3n) is 6.57. The van der Waals surface area contributed by atoms with Crippen LogP contribution < -0.4 is 0 Å². The molecule has 0 saturated carbocycles. The van der Waals surface area contributed by atoms with Crippen LogP contribution in [-0.2, 0) is 25.8 Å². The number of hydrogen-bond acceptors (Lipinski definition) is 4. The van der Waals surface area contributed by atoms with Gasteiger partial charge in [0.05, 0.1) is 22.4 Å². The minimum absolute atomic E-state index is 0. The first-order valence-corrected chi connectivity index (χ1v) is 17.1. The van der Waals surface area contributed by atoms with Gasteiger partial charge in [0.15, 0.2) is 0 Å². The van der Waals surface area contributed by atoms with Crippen LogP contribution in [0.25, 0.3) is 0 Å². The van der Waals surface area contributed by atoms with Crippen molar-refractivity contribution in [3.63, 3.8) is 0 Å². The summed E-state index contributed by atoms with van der Waals surface area (Å²) < 4.78 is 0. The van der Waals surface area contributed by atoms with Gasteiger partial charge < -0.3 is 20.4 Å². The molecular weight excluding hydrogens is 675 g/mol. The zero-order chi connectivity index (χ0) is 32.1. The molecule has 41 heavy (non-hydrogen) atoms. The Morgan fingerprint density at radius 1 is 0.293 bits per heavy atom. The van der Waals surface area contributed by atoms with Crippen molar-refractivity contribution in [3.05, 3.63) is 0 Å². The van der Waals surface area contributed by atoms with Crippen LogP contribution in [0.3, 0.4) is 0 Å². The van der Waals surface area contributed by atoms with E-state index in [-0.39, 0.29) is 25.8 Å². The van der Waals surface area contributed by atoms with Gasteiger partial charge in [-0.25, -0.2) is 0 Å². The smallest absolute Gasteiger partial charge is 0.0591 e. The van der Waals surface area contributed by atoms with Crippen LogP contribution in [0.15, 0.2) is 0 Å². The molecule has 0 fully saturated rings. The summed E-state index contributed by atoms with van der Waals surface area (Å²) in [5, 5.41) is 37.3. The van der Waals surface area contributed by atoms with Crippen LogP contribution in [0, 0.1) is 0 Å². The standard InChI is InChI=1S/4C9H20O.Hf/c4*1-4-5-6-7-8-9(2,3)10;/h4*10H,4-8H2,1-3H3;. The van der Waals surface area contributed by atoms with E-state index in [0.29, 0.717) is 0 Å². The van der Waals surface area contributed by atoms with Gasteiger partial charge in [0.25, 0.3) is 0 Å². The Hall–Kier alpha value is 0.710. The average molecular weight is 756 g/mol. The maximum absolute atomic E-state index is 9.32. The summed E-state index contributed by atoms with van der Waals surface area (Å²) in [6.07, 6.45) is 23.7. The molecule has 0 aromatic heterocycles. The molecule has 4 nitrogen and oxygen atoms in total. The molecule has 0 unspecified atom stereocenters. The van der Waals surface area contributed by atoms with Crippen LogP contribution in [0.5, 0.6) is 0 Å². The van der Waals surface area contributed by atoms with Gasteiger partial charge in [-0.3, -0.25) is 0 Å². The molecule has 0 bridgehead atoms. The van der Waals surface area contributed by atoms with Crippen LogP contribution in [0.4, 0.5) is 0 Å². The second-order valence-electron chi connectivity index (χ2n) is 14.5.